The minimum Gasteiger partial charge on any atom is -0.466 e. The summed E-state index contributed by atoms with van der Waals surface area (Å²) in [5.41, 5.74) is 2.05. The van der Waals surface area contributed by atoms with E-state index >= 15 is 0 Å². The van der Waals surface area contributed by atoms with E-state index in [2.05, 4.69) is 11.3 Å². The van der Waals surface area contributed by atoms with E-state index in [0.717, 1.165) is 5.56 Å². The van der Waals surface area contributed by atoms with Crippen LogP contribution in [0.5, 0.6) is 0 Å². The third-order valence-electron chi connectivity index (χ3n) is 2.60. The number of esters is 1. The third kappa shape index (κ3) is 3.97. The Bertz CT molecular complexity index is 575. The number of nitriles is 1. The van der Waals surface area contributed by atoms with Crippen LogP contribution in [0.4, 0.5) is 0 Å². The SMILES string of the molecule is C=C(C#N)C(C=Cc1ccccc1)=C(C)C(=O)OC. The molecule has 0 bridgehead atoms. The molecule has 19 heavy (non-hydrogen) atoms. The van der Waals surface area contributed by atoms with Gasteiger partial charge in [-0.3, -0.25) is 0 Å². The van der Waals surface area contributed by atoms with Gasteiger partial charge in [0.15, 0.2) is 0 Å². The quantitative estimate of drug-likeness (QED) is 0.358. The smallest absolute Gasteiger partial charge is 0.334 e. The summed E-state index contributed by atoms with van der Waals surface area (Å²) < 4.78 is 4.66. The molecule has 0 aliphatic rings. The van der Waals surface area contributed by atoms with Crippen LogP contribution >= 0.6 is 0 Å². The maximum atomic E-state index is 11.5. The van der Waals surface area contributed by atoms with E-state index in [1.54, 1.807) is 13.0 Å². The molecule has 0 aliphatic heterocycles. The number of methoxy groups -OCH3 is 1. The van der Waals surface area contributed by atoms with Gasteiger partial charge in [-0.05, 0) is 12.5 Å². The van der Waals surface area contributed by atoms with Gasteiger partial charge in [0.25, 0.3) is 0 Å². The maximum Gasteiger partial charge on any atom is 0.334 e. The molecule has 96 valence electrons. The first kappa shape index (κ1) is 14.5. The molecule has 3 heteroatoms. The predicted octanol–water partition coefficient (Wildman–Crippen LogP) is 3.27. The molecule has 0 spiro atoms. The molecule has 0 fully saturated rings. The zero-order chi connectivity index (χ0) is 14.3. The first-order chi connectivity index (χ1) is 9.10. The topological polar surface area (TPSA) is 50.1 Å². The van der Waals surface area contributed by atoms with Crippen molar-refractivity contribution in [1.82, 2.24) is 0 Å². The van der Waals surface area contributed by atoms with Crippen molar-refractivity contribution >= 4 is 12.0 Å². The van der Waals surface area contributed by atoms with Crippen LogP contribution in [0.15, 0.2) is 59.7 Å². The number of rotatable bonds is 4. The minimum absolute atomic E-state index is 0.232. The third-order valence-corrected chi connectivity index (χ3v) is 2.60. The van der Waals surface area contributed by atoms with Gasteiger partial charge < -0.3 is 4.74 Å². The molecule has 0 unspecified atom stereocenters. The summed E-state index contributed by atoms with van der Waals surface area (Å²) in [6.07, 6.45) is 3.53. The molecule has 0 radical (unpaired) electrons. The monoisotopic (exact) mass is 253 g/mol. The molecule has 0 N–H and O–H groups in total. The average molecular weight is 253 g/mol. The number of allylic oxidation sites excluding steroid dienone is 3. The number of carbonyl (C=O) groups excluding carboxylic acids is 1. The molecule has 0 saturated carbocycles. The van der Waals surface area contributed by atoms with Gasteiger partial charge in [0.05, 0.1) is 18.8 Å². The van der Waals surface area contributed by atoms with Crippen molar-refractivity contribution < 1.29 is 9.53 Å². The number of hydrogen-bond donors (Lipinski definition) is 0. The van der Waals surface area contributed by atoms with E-state index in [1.165, 1.54) is 7.11 Å². The zero-order valence-electron chi connectivity index (χ0n) is 11.0. The van der Waals surface area contributed by atoms with Crippen molar-refractivity contribution in [1.29, 1.82) is 5.26 Å². The van der Waals surface area contributed by atoms with Crippen LogP contribution in [0.1, 0.15) is 12.5 Å². The summed E-state index contributed by atoms with van der Waals surface area (Å²) in [7, 11) is 1.31. The largest absolute Gasteiger partial charge is 0.466 e. The molecule has 1 aromatic rings. The van der Waals surface area contributed by atoms with Crippen LogP contribution in [-0.2, 0) is 9.53 Å². The molecule has 0 heterocycles. The molecule has 3 nitrogen and oxygen atoms in total. The highest BCUT2D eigenvalue weighted by atomic mass is 16.5. The number of carbonyl (C=O) groups is 1. The number of ether oxygens (including phenoxy) is 1. The van der Waals surface area contributed by atoms with Gasteiger partial charge in [0.1, 0.15) is 0 Å². The van der Waals surface area contributed by atoms with Crippen LogP contribution in [0.25, 0.3) is 6.08 Å². The van der Waals surface area contributed by atoms with Gasteiger partial charge >= 0.3 is 5.97 Å². The molecule has 0 aromatic heterocycles. The van der Waals surface area contributed by atoms with Crippen LogP contribution < -0.4 is 0 Å². The fourth-order valence-corrected chi connectivity index (χ4v) is 1.52. The molecule has 0 aliphatic carbocycles. The Morgan fingerprint density at radius 1 is 1.37 bits per heavy atom. The molecular weight excluding hydrogens is 238 g/mol. The van der Waals surface area contributed by atoms with E-state index in [1.807, 2.05) is 42.5 Å². The standard InChI is InChI=1S/C16H15NO2/c1-12(11-17)15(13(2)16(18)19-3)10-9-14-7-5-4-6-8-14/h4-10H,1H2,2-3H3. The van der Waals surface area contributed by atoms with Crippen LogP contribution in [0, 0.1) is 11.3 Å². The van der Waals surface area contributed by atoms with Crippen molar-refractivity contribution in [3.05, 3.63) is 65.3 Å². The lowest BCUT2D eigenvalue weighted by Crippen LogP contribution is -2.05. The summed E-state index contributed by atoms with van der Waals surface area (Å²) in [5, 5.41) is 8.94. The molecule has 0 atom stereocenters. The number of nitrogens with zero attached hydrogens (tertiary/aromatic N) is 1. The second-order valence-corrected chi connectivity index (χ2v) is 3.86. The molecule has 1 rings (SSSR count). The molecule has 1 aromatic carbocycles. The summed E-state index contributed by atoms with van der Waals surface area (Å²) in [6, 6.07) is 11.5. The van der Waals surface area contributed by atoms with E-state index in [-0.39, 0.29) is 5.57 Å². The van der Waals surface area contributed by atoms with Gasteiger partial charge in [0, 0.05) is 11.1 Å². The maximum absolute atomic E-state index is 11.5. The molecule has 0 saturated heterocycles. The lowest BCUT2D eigenvalue weighted by Gasteiger charge is -2.05. The van der Waals surface area contributed by atoms with Crippen LogP contribution in [-0.4, -0.2) is 13.1 Å². The molecular formula is C16H15NO2. The van der Waals surface area contributed by atoms with E-state index in [4.69, 9.17) is 5.26 Å². The summed E-state index contributed by atoms with van der Waals surface area (Å²) in [5.74, 6) is -0.468. The van der Waals surface area contributed by atoms with Gasteiger partial charge in [-0.1, -0.05) is 49.1 Å². The lowest BCUT2D eigenvalue weighted by molar-refractivity contribution is -0.136. The summed E-state index contributed by atoms with van der Waals surface area (Å²) in [4.78, 5) is 11.5. The average Bonchev–Trinajstić information content (AvgIpc) is 2.47. The fraction of sp³-hybridized carbons (Fsp3) is 0.125. The Morgan fingerprint density at radius 2 is 2.00 bits per heavy atom. The van der Waals surface area contributed by atoms with Crippen molar-refractivity contribution in [3.63, 3.8) is 0 Å². The van der Waals surface area contributed by atoms with Gasteiger partial charge in [-0.15, -0.1) is 0 Å². The fourth-order valence-electron chi connectivity index (χ4n) is 1.52. The predicted molar refractivity (Wildman–Crippen MR) is 74.9 cm³/mol. The first-order valence-corrected chi connectivity index (χ1v) is 5.72. The zero-order valence-corrected chi connectivity index (χ0v) is 11.0. The number of benzene rings is 1. The Hall–Kier alpha value is -2.60. The highest BCUT2D eigenvalue weighted by Gasteiger charge is 2.11. The van der Waals surface area contributed by atoms with Gasteiger partial charge in [0.2, 0.25) is 0 Å². The Kier molecular flexibility index (Phi) is 5.31. The van der Waals surface area contributed by atoms with Crippen molar-refractivity contribution in [2.45, 2.75) is 6.92 Å². The Balaban J connectivity index is 3.14. The van der Waals surface area contributed by atoms with E-state index in [0.29, 0.717) is 11.1 Å². The van der Waals surface area contributed by atoms with Gasteiger partial charge in [-0.2, -0.15) is 5.26 Å². The van der Waals surface area contributed by atoms with E-state index in [9.17, 15) is 4.79 Å². The second-order valence-electron chi connectivity index (χ2n) is 3.86. The second kappa shape index (κ2) is 6.97. The number of hydrogen-bond acceptors (Lipinski definition) is 3. The van der Waals surface area contributed by atoms with Crippen molar-refractivity contribution in [2.24, 2.45) is 0 Å². The Morgan fingerprint density at radius 3 is 2.53 bits per heavy atom. The summed E-state index contributed by atoms with van der Waals surface area (Å²) in [6.45, 7) is 5.26. The van der Waals surface area contributed by atoms with Crippen LogP contribution in [0.3, 0.4) is 0 Å². The van der Waals surface area contributed by atoms with E-state index < -0.39 is 5.97 Å². The normalized spacial score (nSPS) is 11.6. The highest BCUT2D eigenvalue weighted by molar-refractivity contribution is 5.91. The lowest BCUT2D eigenvalue weighted by atomic mass is 10.0. The van der Waals surface area contributed by atoms with Crippen molar-refractivity contribution in [3.8, 4) is 6.07 Å². The summed E-state index contributed by atoms with van der Waals surface area (Å²) >= 11 is 0. The van der Waals surface area contributed by atoms with Crippen LogP contribution in [0.2, 0.25) is 0 Å². The highest BCUT2D eigenvalue weighted by Crippen LogP contribution is 2.17. The van der Waals surface area contributed by atoms with Gasteiger partial charge in [-0.25, -0.2) is 4.79 Å². The van der Waals surface area contributed by atoms with Crippen molar-refractivity contribution in [2.75, 3.05) is 7.11 Å². The Labute approximate surface area is 113 Å². The first-order valence-electron chi connectivity index (χ1n) is 5.72. The molecule has 0 amide bonds. The minimum atomic E-state index is -0.468.